The van der Waals surface area contributed by atoms with E-state index in [-0.39, 0.29) is 16.4 Å². The highest BCUT2D eigenvalue weighted by Gasteiger charge is 2.41. The summed E-state index contributed by atoms with van der Waals surface area (Å²) >= 11 is 5.89. The van der Waals surface area contributed by atoms with Gasteiger partial charge in [-0.1, -0.05) is 50.9 Å². The molecule has 20 heavy (non-hydrogen) atoms. The van der Waals surface area contributed by atoms with Crippen LogP contribution in [-0.4, -0.2) is 5.54 Å². The van der Waals surface area contributed by atoms with Gasteiger partial charge in [-0.05, 0) is 48.6 Å². The predicted octanol–water partition coefficient (Wildman–Crippen LogP) is 4.81. The number of rotatable bonds is 3. The summed E-state index contributed by atoms with van der Waals surface area (Å²) in [6.45, 7) is 6.68. The molecule has 3 atom stereocenters. The van der Waals surface area contributed by atoms with Gasteiger partial charge in [0.15, 0.2) is 0 Å². The topological polar surface area (TPSA) is 26.0 Å². The lowest BCUT2D eigenvalue weighted by Crippen LogP contribution is -2.54. The lowest BCUT2D eigenvalue weighted by Gasteiger charge is -2.46. The minimum Gasteiger partial charge on any atom is -0.325 e. The van der Waals surface area contributed by atoms with Crippen LogP contribution in [0.4, 0.5) is 4.39 Å². The lowest BCUT2D eigenvalue weighted by molar-refractivity contribution is 0.108. The van der Waals surface area contributed by atoms with Crippen molar-refractivity contribution in [2.75, 3.05) is 0 Å². The van der Waals surface area contributed by atoms with E-state index in [2.05, 4.69) is 20.8 Å². The van der Waals surface area contributed by atoms with Gasteiger partial charge >= 0.3 is 0 Å². The molecule has 1 fully saturated rings. The van der Waals surface area contributed by atoms with Gasteiger partial charge in [-0.25, -0.2) is 4.39 Å². The first kappa shape index (κ1) is 15.8. The van der Waals surface area contributed by atoms with Crippen LogP contribution in [0, 0.1) is 23.6 Å². The van der Waals surface area contributed by atoms with Crippen molar-refractivity contribution in [3.8, 4) is 0 Å². The van der Waals surface area contributed by atoms with Crippen LogP contribution in [0.3, 0.4) is 0 Å². The van der Waals surface area contributed by atoms with Gasteiger partial charge in [0.05, 0.1) is 5.02 Å². The maximum absolute atomic E-state index is 14.2. The van der Waals surface area contributed by atoms with E-state index >= 15 is 0 Å². The molecule has 0 aliphatic heterocycles. The molecular formula is C17H25ClFN. The van der Waals surface area contributed by atoms with E-state index in [9.17, 15) is 4.39 Å². The van der Waals surface area contributed by atoms with E-state index < -0.39 is 0 Å². The number of halogens is 2. The SMILES string of the molecule is CC1CCC(C(C)C)C(N)(Cc2cccc(Cl)c2F)C1. The maximum Gasteiger partial charge on any atom is 0.145 e. The zero-order valence-corrected chi connectivity index (χ0v) is 13.4. The third kappa shape index (κ3) is 3.17. The lowest BCUT2D eigenvalue weighted by atomic mass is 9.63. The highest BCUT2D eigenvalue weighted by Crippen LogP contribution is 2.41. The molecule has 1 aromatic rings. The standard InChI is InChI=1S/C17H25ClFN/c1-11(2)14-8-7-12(3)9-17(14,20)10-13-5-4-6-15(18)16(13)19/h4-6,11-12,14H,7-10,20H2,1-3H3. The van der Waals surface area contributed by atoms with Gasteiger partial charge in [-0.3, -0.25) is 0 Å². The summed E-state index contributed by atoms with van der Waals surface area (Å²) in [6, 6.07) is 5.21. The third-order valence-electron chi connectivity index (χ3n) is 4.79. The molecule has 0 spiro atoms. The van der Waals surface area contributed by atoms with Crippen LogP contribution in [0.15, 0.2) is 18.2 Å². The van der Waals surface area contributed by atoms with Crippen LogP contribution >= 0.6 is 11.6 Å². The molecule has 1 aromatic carbocycles. The van der Waals surface area contributed by atoms with Crippen molar-refractivity contribution in [1.82, 2.24) is 0 Å². The summed E-state index contributed by atoms with van der Waals surface area (Å²) in [6.07, 6.45) is 3.89. The van der Waals surface area contributed by atoms with Crippen LogP contribution in [-0.2, 0) is 6.42 Å². The molecule has 1 nitrogen and oxygen atoms in total. The summed E-state index contributed by atoms with van der Waals surface area (Å²) in [5.41, 5.74) is 7.07. The van der Waals surface area contributed by atoms with Crippen molar-refractivity contribution in [1.29, 1.82) is 0 Å². The van der Waals surface area contributed by atoms with Gasteiger partial charge in [-0.2, -0.15) is 0 Å². The number of hydrogen-bond donors (Lipinski definition) is 1. The van der Waals surface area contributed by atoms with E-state index in [4.69, 9.17) is 17.3 Å². The van der Waals surface area contributed by atoms with E-state index in [0.29, 0.717) is 29.7 Å². The molecule has 0 radical (unpaired) electrons. The minimum atomic E-state index is -0.322. The highest BCUT2D eigenvalue weighted by atomic mass is 35.5. The molecule has 0 heterocycles. The van der Waals surface area contributed by atoms with Crippen molar-refractivity contribution in [3.63, 3.8) is 0 Å². The Labute approximate surface area is 126 Å². The van der Waals surface area contributed by atoms with E-state index in [1.54, 1.807) is 12.1 Å². The monoisotopic (exact) mass is 297 g/mol. The molecule has 0 aromatic heterocycles. The Morgan fingerprint density at radius 1 is 1.40 bits per heavy atom. The summed E-state index contributed by atoms with van der Waals surface area (Å²) in [5.74, 6) is 1.27. The Kier molecular flexibility index (Phi) is 4.76. The first-order chi connectivity index (χ1) is 9.33. The van der Waals surface area contributed by atoms with Gasteiger partial charge in [-0.15, -0.1) is 0 Å². The second-order valence-corrected chi connectivity index (χ2v) is 7.27. The zero-order valence-electron chi connectivity index (χ0n) is 12.6. The maximum atomic E-state index is 14.2. The molecule has 2 rings (SSSR count). The van der Waals surface area contributed by atoms with Gasteiger partial charge in [0.1, 0.15) is 5.82 Å². The van der Waals surface area contributed by atoms with Gasteiger partial charge < -0.3 is 5.73 Å². The fourth-order valence-electron chi connectivity index (χ4n) is 3.89. The minimum absolute atomic E-state index is 0.191. The van der Waals surface area contributed by atoms with Crippen molar-refractivity contribution < 1.29 is 4.39 Å². The van der Waals surface area contributed by atoms with Gasteiger partial charge in [0, 0.05) is 5.54 Å². The average Bonchev–Trinajstić information content (AvgIpc) is 2.34. The molecule has 0 amide bonds. The zero-order chi connectivity index (χ0) is 14.9. The second-order valence-electron chi connectivity index (χ2n) is 6.86. The largest absolute Gasteiger partial charge is 0.325 e. The Morgan fingerprint density at radius 2 is 2.10 bits per heavy atom. The Balaban J connectivity index is 2.29. The van der Waals surface area contributed by atoms with Crippen LogP contribution < -0.4 is 5.73 Å². The highest BCUT2D eigenvalue weighted by molar-refractivity contribution is 6.30. The van der Waals surface area contributed by atoms with E-state index in [1.165, 1.54) is 6.42 Å². The Morgan fingerprint density at radius 3 is 2.75 bits per heavy atom. The van der Waals surface area contributed by atoms with Crippen molar-refractivity contribution in [2.24, 2.45) is 23.5 Å². The molecule has 2 N–H and O–H groups in total. The molecule has 0 saturated heterocycles. The third-order valence-corrected chi connectivity index (χ3v) is 5.09. The molecule has 3 heteroatoms. The Hall–Kier alpha value is -0.600. The number of benzene rings is 1. The van der Waals surface area contributed by atoms with Crippen molar-refractivity contribution in [3.05, 3.63) is 34.6 Å². The number of nitrogens with two attached hydrogens (primary N) is 1. The fraction of sp³-hybridized carbons (Fsp3) is 0.647. The van der Waals surface area contributed by atoms with Crippen molar-refractivity contribution in [2.45, 2.75) is 52.0 Å². The molecule has 1 aliphatic rings. The smallest absolute Gasteiger partial charge is 0.145 e. The van der Waals surface area contributed by atoms with Crippen LogP contribution in [0.5, 0.6) is 0 Å². The summed E-state index contributed by atoms with van der Waals surface area (Å²) in [5, 5.41) is 0.191. The molecule has 1 saturated carbocycles. The molecule has 1 aliphatic carbocycles. The first-order valence-electron chi connectivity index (χ1n) is 7.55. The second kappa shape index (κ2) is 6.03. The normalized spacial score (nSPS) is 30.8. The molecule has 3 unspecified atom stereocenters. The summed E-state index contributed by atoms with van der Waals surface area (Å²) in [7, 11) is 0. The van der Waals surface area contributed by atoms with Crippen LogP contribution in [0.2, 0.25) is 5.02 Å². The molecule has 112 valence electrons. The average molecular weight is 298 g/mol. The fourth-order valence-corrected chi connectivity index (χ4v) is 4.09. The quantitative estimate of drug-likeness (QED) is 0.851. The summed E-state index contributed by atoms with van der Waals surface area (Å²) < 4.78 is 14.2. The molecule has 0 bridgehead atoms. The van der Waals surface area contributed by atoms with E-state index in [1.807, 2.05) is 6.07 Å². The molecular weight excluding hydrogens is 273 g/mol. The first-order valence-corrected chi connectivity index (χ1v) is 7.93. The number of hydrogen-bond acceptors (Lipinski definition) is 1. The van der Waals surface area contributed by atoms with Gasteiger partial charge in [0.25, 0.3) is 0 Å². The van der Waals surface area contributed by atoms with E-state index in [0.717, 1.165) is 12.8 Å². The van der Waals surface area contributed by atoms with Gasteiger partial charge in [0.2, 0.25) is 0 Å². The van der Waals surface area contributed by atoms with Crippen LogP contribution in [0.25, 0.3) is 0 Å². The Bertz CT molecular complexity index is 474. The predicted molar refractivity (Wildman–Crippen MR) is 83.4 cm³/mol. The summed E-state index contributed by atoms with van der Waals surface area (Å²) in [4.78, 5) is 0. The van der Waals surface area contributed by atoms with Crippen LogP contribution in [0.1, 0.15) is 45.6 Å². The van der Waals surface area contributed by atoms with Crippen molar-refractivity contribution >= 4 is 11.6 Å².